The minimum atomic E-state index is -1.20. The minimum Gasteiger partial charge on any atom is -0.350 e. The third kappa shape index (κ3) is 4.84. The third-order valence-corrected chi connectivity index (χ3v) is 8.31. The van der Waals surface area contributed by atoms with Gasteiger partial charge in [-0.15, -0.1) is 11.8 Å². The van der Waals surface area contributed by atoms with Crippen molar-refractivity contribution < 1.29 is 13.6 Å². The van der Waals surface area contributed by atoms with Crippen molar-refractivity contribution in [2.24, 2.45) is 0 Å². The molecule has 5 rings (SSSR count). The molecule has 194 valence electrons. The maximum atomic E-state index is 14.3. The molecule has 2 aliphatic rings. The Labute approximate surface area is 226 Å². The predicted molar refractivity (Wildman–Crippen MR) is 145 cm³/mol. The van der Waals surface area contributed by atoms with Gasteiger partial charge in [0.2, 0.25) is 5.91 Å². The number of benzene rings is 2. The molecule has 3 heterocycles. The zero-order chi connectivity index (χ0) is 26.4. The molecule has 11 heteroatoms. The Morgan fingerprint density at radius 3 is 2.70 bits per heavy atom. The largest absolute Gasteiger partial charge is 0.350 e. The highest BCUT2D eigenvalue weighted by molar-refractivity contribution is 7.99. The van der Waals surface area contributed by atoms with Crippen LogP contribution in [0.3, 0.4) is 0 Å². The number of piperazine rings is 1. The van der Waals surface area contributed by atoms with E-state index in [1.54, 1.807) is 33.4 Å². The molecule has 2 atom stereocenters. The number of hydrogen-bond donors (Lipinski definition) is 0. The highest BCUT2D eigenvalue weighted by Crippen LogP contribution is 2.46. The molecule has 3 aromatic rings. The Hall–Kier alpha value is -2.62. The SMILES string of the molecule is CC(F)/C=C/C(=O)N1CCN(c2nc(=O)n3c4c(c(-c5ccc(Cl)c(F)c5)c(Cl)cc24)SCC3)[C@@H](C)C1. The number of carbonyl (C=O) groups is 1. The van der Waals surface area contributed by atoms with Crippen LogP contribution in [0.1, 0.15) is 13.8 Å². The van der Waals surface area contributed by atoms with Gasteiger partial charge in [0.25, 0.3) is 0 Å². The minimum absolute atomic E-state index is 0.0201. The topological polar surface area (TPSA) is 58.4 Å². The number of halogens is 4. The van der Waals surface area contributed by atoms with Crippen LogP contribution < -0.4 is 10.6 Å². The predicted octanol–water partition coefficient (Wildman–Crippen LogP) is 5.57. The number of hydrogen-bond acceptors (Lipinski definition) is 5. The molecule has 2 aliphatic heterocycles. The molecular weight excluding hydrogens is 541 g/mol. The van der Waals surface area contributed by atoms with Gasteiger partial charge in [0, 0.05) is 59.9 Å². The lowest BCUT2D eigenvalue weighted by molar-refractivity contribution is -0.126. The fourth-order valence-corrected chi connectivity index (χ4v) is 6.57. The highest BCUT2D eigenvalue weighted by atomic mass is 35.5. The second-order valence-corrected chi connectivity index (χ2v) is 11.1. The Morgan fingerprint density at radius 2 is 2.00 bits per heavy atom. The van der Waals surface area contributed by atoms with E-state index in [1.807, 2.05) is 11.8 Å². The molecular formula is C26H24Cl2F2N4O2S. The van der Waals surface area contributed by atoms with Crippen molar-refractivity contribution in [1.29, 1.82) is 0 Å². The number of anilines is 1. The summed E-state index contributed by atoms with van der Waals surface area (Å²) in [5.74, 6) is 0.353. The summed E-state index contributed by atoms with van der Waals surface area (Å²) in [5.41, 5.74) is 1.57. The molecule has 1 saturated heterocycles. The number of alkyl halides is 1. The Morgan fingerprint density at radius 1 is 1.22 bits per heavy atom. The van der Waals surface area contributed by atoms with Crippen LogP contribution in [0.4, 0.5) is 14.6 Å². The molecule has 0 radical (unpaired) electrons. The molecule has 0 aliphatic carbocycles. The van der Waals surface area contributed by atoms with Gasteiger partial charge in [-0.25, -0.2) is 13.6 Å². The zero-order valence-electron chi connectivity index (χ0n) is 20.2. The molecule has 1 unspecified atom stereocenters. The van der Waals surface area contributed by atoms with Gasteiger partial charge >= 0.3 is 5.69 Å². The summed E-state index contributed by atoms with van der Waals surface area (Å²) in [6, 6.07) is 6.18. The van der Waals surface area contributed by atoms with E-state index in [0.29, 0.717) is 59.4 Å². The highest BCUT2D eigenvalue weighted by Gasteiger charge is 2.31. The van der Waals surface area contributed by atoms with E-state index >= 15 is 0 Å². The molecule has 0 N–H and O–H groups in total. The van der Waals surface area contributed by atoms with Crippen LogP contribution in [0, 0.1) is 5.82 Å². The smallest absolute Gasteiger partial charge is 0.350 e. The summed E-state index contributed by atoms with van der Waals surface area (Å²) in [6.45, 7) is 5.05. The summed E-state index contributed by atoms with van der Waals surface area (Å²) < 4.78 is 29.1. The Kier molecular flexibility index (Phi) is 7.22. The van der Waals surface area contributed by atoms with Gasteiger partial charge in [-0.1, -0.05) is 29.3 Å². The average molecular weight is 565 g/mol. The summed E-state index contributed by atoms with van der Waals surface area (Å²) in [7, 11) is 0. The van der Waals surface area contributed by atoms with Crippen LogP contribution in [0.15, 0.2) is 46.1 Å². The van der Waals surface area contributed by atoms with Crippen molar-refractivity contribution in [3.8, 4) is 11.1 Å². The Balaban J connectivity index is 1.59. The van der Waals surface area contributed by atoms with Crippen molar-refractivity contribution in [3.05, 3.63) is 62.8 Å². The lowest BCUT2D eigenvalue weighted by Crippen LogP contribution is -2.54. The Bertz CT molecular complexity index is 1490. The first-order chi connectivity index (χ1) is 17.7. The number of amides is 1. The summed E-state index contributed by atoms with van der Waals surface area (Å²) in [6.07, 6.45) is 1.30. The number of aryl methyl sites for hydroxylation is 1. The fourth-order valence-electron chi connectivity index (χ4n) is 4.88. The standard InChI is InChI=1S/C26H24Cl2F2N4O2S/c1-14(29)3-6-21(35)32-7-8-33(15(2)13-32)25-17-12-19(28)22(16-4-5-18(27)20(30)11-16)24-23(17)34(9-10-37-24)26(36)31-25/h3-6,11-12,14-15H,7-10,13H2,1-2H3/b6-3+/t14?,15-/m0/s1. The lowest BCUT2D eigenvalue weighted by Gasteiger charge is -2.41. The van der Waals surface area contributed by atoms with Crippen LogP contribution in [0.2, 0.25) is 10.0 Å². The number of nitrogens with zero attached hydrogens (tertiary/aromatic N) is 4. The van der Waals surface area contributed by atoms with E-state index < -0.39 is 12.0 Å². The van der Waals surface area contributed by atoms with Gasteiger partial charge in [-0.3, -0.25) is 9.36 Å². The molecule has 1 amide bonds. The molecule has 0 bridgehead atoms. The van der Waals surface area contributed by atoms with Crippen LogP contribution in [0.5, 0.6) is 0 Å². The van der Waals surface area contributed by atoms with Crippen molar-refractivity contribution in [3.63, 3.8) is 0 Å². The normalized spacial score (nSPS) is 18.6. The van der Waals surface area contributed by atoms with E-state index in [2.05, 4.69) is 4.98 Å². The lowest BCUT2D eigenvalue weighted by atomic mass is 10.0. The second kappa shape index (κ2) is 10.3. The number of allylic oxidation sites excluding steroid dienone is 1. The molecule has 1 aromatic heterocycles. The molecule has 0 saturated carbocycles. The van der Waals surface area contributed by atoms with E-state index in [0.717, 1.165) is 10.3 Å². The van der Waals surface area contributed by atoms with E-state index in [4.69, 9.17) is 23.2 Å². The van der Waals surface area contributed by atoms with Crippen molar-refractivity contribution >= 4 is 57.6 Å². The van der Waals surface area contributed by atoms with Crippen LogP contribution in [-0.2, 0) is 11.3 Å². The van der Waals surface area contributed by atoms with Crippen molar-refractivity contribution in [2.45, 2.75) is 37.5 Å². The number of carbonyl (C=O) groups excluding carboxylic acids is 1. The van der Waals surface area contributed by atoms with Gasteiger partial charge in [-0.05, 0) is 43.7 Å². The maximum Gasteiger partial charge on any atom is 0.350 e. The van der Waals surface area contributed by atoms with Gasteiger partial charge < -0.3 is 9.80 Å². The average Bonchev–Trinajstić information content (AvgIpc) is 2.86. The molecule has 2 aromatic carbocycles. The first-order valence-corrected chi connectivity index (χ1v) is 13.6. The molecule has 37 heavy (non-hydrogen) atoms. The third-order valence-electron chi connectivity index (χ3n) is 6.64. The van der Waals surface area contributed by atoms with Crippen LogP contribution >= 0.6 is 35.0 Å². The maximum absolute atomic E-state index is 14.3. The molecule has 6 nitrogen and oxygen atoms in total. The number of aromatic nitrogens is 2. The van der Waals surface area contributed by atoms with E-state index in [9.17, 15) is 18.4 Å². The van der Waals surface area contributed by atoms with Gasteiger partial charge in [0.1, 0.15) is 17.8 Å². The van der Waals surface area contributed by atoms with Gasteiger partial charge in [-0.2, -0.15) is 4.98 Å². The van der Waals surface area contributed by atoms with Gasteiger partial charge in [0.05, 0.1) is 15.6 Å². The first kappa shape index (κ1) is 26.0. The summed E-state index contributed by atoms with van der Waals surface area (Å²) in [4.78, 5) is 34.6. The van der Waals surface area contributed by atoms with Crippen LogP contribution in [0.25, 0.3) is 22.0 Å². The van der Waals surface area contributed by atoms with E-state index in [1.165, 1.54) is 31.2 Å². The zero-order valence-corrected chi connectivity index (χ0v) is 22.5. The summed E-state index contributed by atoms with van der Waals surface area (Å²) >= 11 is 14.3. The van der Waals surface area contributed by atoms with Gasteiger partial charge in [0.15, 0.2) is 0 Å². The van der Waals surface area contributed by atoms with Crippen LogP contribution in [-0.4, -0.2) is 58.0 Å². The monoisotopic (exact) mass is 564 g/mol. The van der Waals surface area contributed by atoms with E-state index in [-0.39, 0.29) is 22.7 Å². The summed E-state index contributed by atoms with van der Waals surface area (Å²) in [5, 5.41) is 1.16. The molecule has 1 fully saturated rings. The quantitative estimate of drug-likeness (QED) is 0.388. The first-order valence-electron chi connectivity index (χ1n) is 11.9. The number of thioether (sulfide) groups is 1. The second-order valence-electron chi connectivity index (χ2n) is 9.17. The fraction of sp³-hybridized carbons (Fsp3) is 0.346. The van der Waals surface area contributed by atoms with Crippen molar-refractivity contribution in [2.75, 3.05) is 30.3 Å². The molecule has 0 spiro atoms. The number of rotatable bonds is 4. The van der Waals surface area contributed by atoms with Crippen molar-refractivity contribution in [1.82, 2.24) is 14.5 Å².